The molecule has 0 fully saturated rings. The molecule has 1 heterocycles. The van der Waals surface area contributed by atoms with Crippen molar-refractivity contribution in [1.29, 1.82) is 0 Å². The number of hydrogen-bond acceptors (Lipinski definition) is 4. The number of alkyl halides is 3. The Hall–Kier alpha value is -1.80. The number of ether oxygens (including phenoxy) is 1. The first-order chi connectivity index (χ1) is 10.2. The molecule has 8 heteroatoms. The number of amides is 1. The summed E-state index contributed by atoms with van der Waals surface area (Å²) in [5.74, 6) is 0.101. The molecule has 1 aromatic carbocycles. The lowest BCUT2D eigenvalue weighted by Crippen LogP contribution is -2.42. The van der Waals surface area contributed by atoms with E-state index in [1.165, 1.54) is 23.1 Å². The van der Waals surface area contributed by atoms with Gasteiger partial charge in [0.2, 0.25) is 0 Å². The summed E-state index contributed by atoms with van der Waals surface area (Å²) in [4.78, 5) is 15.3. The van der Waals surface area contributed by atoms with Crippen LogP contribution in [0.1, 0.15) is 11.6 Å². The number of benzene rings is 1. The molecule has 0 bridgehead atoms. The van der Waals surface area contributed by atoms with E-state index in [1.54, 1.807) is 0 Å². The van der Waals surface area contributed by atoms with Crippen LogP contribution in [0.4, 0.5) is 18.9 Å². The first-order valence-corrected chi connectivity index (χ1v) is 6.74. The van der Waals surface area contributed by atoms with E-state index in [0.717, 1.165) is 0 Å². The largest absolute Gasteiger partial charge is 0.482 e. The Kier molecular flexibility index (Phi) is 4.62. The molecule has 0 radical (unpaired) electrons. The molecular weight excluding hydrogens is 299 g/mol. The van der Waals surface area contributed by atoms with Crippen molar-refractivity contribution in [3.05, 3.63) is 23.8 Å². The van der Waals surface area contributed by atoms with Gasteiger partial charge in [0, 0.05) is 13.1 Å². The molecule has 2 N–H and O–H groups in total. The van der Waals surface area contributed by atoms with E-state index < -0.39 is 12.2 Å². The van der Waals surface area contributed by atoms with Crippen LogP contribution in [0.15, 0.2) is 18.2 Å². The second-order valence-electron chi connectivity index (χ2n) is 5.38. The fourth-order valence-electron chi connectivity index (χ4n) is 2.15. The summed E-state index contributed by atoms with van der Waals surface area (Å²) in [7, 11) is 3.70. The van der Waals surface area contributed by atoms with E-state index in [2.05, 4.69) is 0 Å². The molecule has 1 aromatic rings. The lowest BCUT2D eigenvalue weighted by molar-refractivity contribution is -0.149. The molecule has 1 amide bonds. The van der Waals surface area contributed by atoms with E-state index in [1.807, 2.05) is 19.0 Å². The van der Waals surface area contributed by atoms with E-state index in [4.69, 9.17) is 10.5 Å². The maximum absolute atomic E-state index is 12.8. The number of rotatable bonds is 4. The molecule has 2 rings (SSSR count). The van der Waals surface area contributed by atoms with Crippen LogP contribution >= 0.6 is 0 Å². The Morgan fingerprint density at radius 2 is 2.09 bits per heavy atom. The Morgan fingerprint density at radius 3 is 2.68 bits per heavy atom. The highest BCUT2D eigenvalue weighted by Gasteiger charge is 2.38. The lowest BCUT2D eigenvalue weighted by Gasteiger charge is -2.31. The summed E-state index contributed by atoms with van der Waals surface area (Å²) < 4.78 is 43.5. The van der Waals surface area contributed by atoms with Crippen LogP contribution in [0.25, 0.3) is 0 Å². The van der Waals surface area contributed by atoms with Gasteiger partial charge in [0.25, 0.3) is 5.91 Å². The average Bonchev–Trinajstić information content (AvgIpc) is 2.43. The number of nitrogens with zero attached hydrogens (tertiary/aromatic N) is 2. The number of hydrogen-bond donors (Lipinski definition) is 1. The van der Waals surface area contributed by atoms with Crippen LogP contribution in [0.3, 0.4) is 0 Å². The third-order valence-corrected chi connectivity index (χ3v) is 3.41. The molecule has 0 saturated heterocycles. The SMILES string of the molecule is CN(C)CCN1C(=O)COc2ccc(C(N)C(F)(F)F)cc21. The fourth-order valence-corrected chi connectivity index (χ4v) is 2.15. The average molecular weight is 317 g/mol. The van der Waals surface area contributed by atoms with Crippen molar-refractivity contribution in [3.8, 4) is 5.75 Å². The highest BCUT2D eigenvalue weighted by Crippen LogP contribution is 2.37. The third-order valence-electron chi connectivity index (χ3n) is 3.41. The Balaban J connectivity index is 2.33. The summed E-state index contributed by atoms with van der Waals surface area (Å²) in [5.41, 5.74) is 5.46. The minimum Gasteiger partial charge on any atom is -0.482 e. The molecule has 1 atom stereocenters. The van der Waals surface area contributed by atoms with Crippen molar-refractivity contribution in [3.63, 3.8) is 0 Å². The molecule has 0 aliphatic carbocycles. The zero-order valence-corrected chi connectivity index (χ0v) is 12.4. The smallest absolute Gasteiger partial charge is 0.407 e. The van der Waals surface area contributed by atoms with Crippen molar-refractivity contribution in [1.82, 2.24) is 4.90 Å². The number of carbonyl (C=O) groups excluding carboxylic acids is 1. The maximum atomic E-state index is 12.8. The van der Waals surface area contributed by atoms with Gasteiger partial charge in [-0.05, 0) is 31.8 Å². The Morgan fingerprint density at radius 1 is 1.41 bits per heavy atom. The van der Waals surface area contributed by atoms with Crippen molar-refractivity contribution >= 4 is 11.6 Å². The van der Waals surface area contributed by atoms with E-state index >= 15 is 0 Å². The van der Waals surface area contributed by atoms with Crippen molar-refractivity contribution in [2.45, 2.75) is 12.2 Å². The van der Waals surface area contributed by atoms with Crippen LogP contribution in [0, 0.1) is 0 Å². The topological polar surface area (TPSA) is 58.8 Å². The van der Waals surface area contributed by atoms with Gasteiger partial charge in [-0.3, -0.25) is 4.79 Å². The van der Waals surface area contributed by atoms with Gasteiger partial charge in [-0.15, -0.1) is 0 Å². The van der Waals surface area contributed by atoms with E-state index in [0.29, 0.717) is 24.5 Å². The third kappa shape index (κ3) is 3.50. The van der Waals surface area contributed by atoms with Gasteiger partial charge in [0.05, 0.1) is 5.69 Å². The van der Waals surface area contributed by atoms with Crippen LogP contribution < -0.4 is 15.4 Å². The van der Waals surface area contributed by atoms with Crippen LogP contribution in [-0.2, 0) is 4.79 Å². The number of halogens is 3. The Labute approximate surface area is 126 Å². The molecule has 5 nitrogen and oxygen atoms in total. The highest BCUT2D eigenvalue weighted by molar-refractivity contribution is 5.97. The van der Waals surface area contributed by atoms with Gasteiger partial charge in [-0.25, -0.2) is 0 Å². The van der Waals surface area contributed by atoms with Gasteiger partial charge < -0.3 is 20.3 Å². The first kappa shape index (κ1) is 16.6. The monoisotopic (exact) mass is 317 g/mol. The second kappa shape index (κ2) is 6.13. The zero-order valence-electron chi connectivity index (χ0n) is 12.4. The molecule has 122 valence electrons. The molecular formula is C14H18F3N3O2. The predicted molar refractivity (Wildman–Crippen MR) is 75.8 cm³/mol. The number of anilines is 1. The number of likely N-dealkylation sites (N-methyl/N-ethyl adjacent to an activating group) is 1. The quantitative estimate of drug-likeness (QED) is 0.915. The van der Waals surface area contributed by atoms with Gasteiger partial charge in [-0.2, -0.15) is 13.2 Å². The first-order valence-electron chi connectivity index (χ1n) is 6.74. The van der Waals surface area contributed by atoms with Crippen molar-refractivity contribution < 1.29 is 22.7 Å². The summed E-state index contributed by atoms with van der Waals surface area (Å²) >= 11 is 0. The number of nitrogens with two attached hydrogens (primary N) is 1. The number of carbonyl (C=O) groups is 1. The molecule has 1 aliphatic rings. The van der Waals surface area contributed by atoms with E-state index in [-0.39, 0.29) is 18.1 Å². The molecule has 0 saturated carbocycles. The Bertz CT molecular complexity index is 561. The van der Waals surface area contributed by atoms with E-state index in [9.17, 15) is 18.0 Å². The normalized spacial score (nSPS) is 16.5. The summed E-state index contributed by atoms with van der Waals surface area (Å²) in [6.07, 6.45) is -4.54. The molecule has 22 heavy (non-hydrogen) atoms. The van der Waals surface area contributed by atoms with Crippen molar-refractivity contribution in [2.24, 2.45) is 5.73 Å². The van der Waals surface area contributed by atoms with Gasteiger partial charge in [0.1, 0.15) is 11.8 Å². The standard InChI is InChI=1S/C14H18F3N3O2/c1-19(2)5-6-20-10-7-9(13(18)14(15,16)17)3-4-11(10)22-8-12(20)21/h3-4,7,13H,5-6,8,18H2,1-2H3. The molecule has 1 aliphatic heterocycles. The fraction of sp³-hybridized carbons (Fsp3) is 0.500. The predicted octanol–water partition coefficient (Wildman–Crippen LogP) is 1.54. The molecule has 0 aromatic heterocycles. The minimum absolute atomic E-state index is 0.0978. The minimum atomic E-state index is -4.54. The van der Waals surface area contributed by atoms with Gasteiger partial charge >= 0.3 is 6.18 Å². The van der Waals surface area contributed by atoms with Crippen LogP contribution in [-0.4, -0.2) is 50.8 Å². The summed E-state index contributed by atoms with van der Waals surface area (Å²) in [6, 6.07) is 1.88. The van der Waals surface area contributed by atoms with Crippen LogP contribution in [0.5, 0.6) is 5.75 Å². The molecule has 0 spiro atoms. The van der Waals surface area contributed by atoms with Crippen LogP contribution in [0.2, 0.25) is 0 Å². The highest BCUT2D eigenvalue weighted by atomic mass is 19.4. The van der Waals surface area contributed by atoms with Crippen molar-refractivity contribution in [2.75, 3.05) is 38.7 Å². The molecule has 1 unspecified atom stereocenters. The second-order valence-corrected chi connectivity index (χ2v) is 5.38. The van der Waals surface area contributed by atoms with Gasteiger partial charge in [0.15, 0.2) is 6.61 Å². The maximum Gasteiger partial charge on any atom is 0.407 e. The van der Waals surface area contributed by atoms with Gasteiger partial charge in [-0.1, -0.05) is 6.07 Å². The lowest BCUT2D eigenvalue weighted by atomic mass is 10.0. The number of fused-ring (bicyclic) bond motifs is 1. The summed E-state index contributed by atoms with van der Waals surface area (Å²) in [6.45, 7) is 0.832. The zero-order chi connectivity index (χ0) is 16.5. The summed E-state index contributed by atoms with van der Waals surface area (Å²) in [5, 5.41) is 0.